The highest BCUT2D eigenvalue weighted by Gasteiger charge is 2.06. The zero-order valence-corrected chi connectivity index (χ0v) is 14.3. The predicted octanol–water partition coefficient (Wildman–Crippen LogP) is 4.82. The van der Waals surface area contributed by atoms with Crippen molar-refractivity contribution in [3.8, 4) is 11.5 Å². The lowest BCUT2D eigenvalue weighted by Crippen LogP contribution is -2.19. The lowest BCUT2D eigenvalue weighted by molar-refractivity contribution is 0.355. The molecule has 0 saturated heterocycles. The number of thiocarbonyl (C=S) groups is 1. The van der Waals surface area contributed by atoms with Gasteiger partial charge in [-0.15, -0.1) is 0 Å². The number of methoxy groups -OCH3 is 2. The predicted molar refractivity (Wildman–Crippen MR) is 95.9 cm³/mol. The van der Waals surface area contributed by atoms with Gasteiger partial charge in [-0.2, -0.15) is 0 Å². The van der Waals surface area contributed by atoms with Gasteiger partial charge in [-0.3, -0.25) is 0 Å². The van der Waals surface area contributed by atoms with Gasteiger partial charge in [-0.05, 0) is 42.5 Å². The van der Waals surface area contributed by atoms with Crippen LogP contribution in [0.1, 0.15) is 0 Å². The van der Waals surface area contributed by atoms with E-state index in [0.717, 1.165) is 5.69 Å². The Bertz CT molecular complexity index is 675. The van der Waals surface area contributed by atoms with E-state index in [2.05, 4.69) is 10.6 Å². The second kappa shape index (κ2) is 7.54. The smallest absolute Gasteiger partial charge is 0.175 e. The summed E-state index contributed by atoms with van der Waals surface area (Å²) in [5.74, 6) is 1.26. The van der Waals surface area contributed by atoms with Crippen molar-refractivity contribution in [2.24, 2.45) is 0 Å². The molecule has 0 spiro atoms. The summed E-state index contributed by atoms with van der Waals surface area (Å²) in [5.41, 5.74) is 1.47. The number of anilines is 2. The van der Waals surface area contributed by atoms with Crippen LogP contribution in [0.5, 0.6) is 11.5 Å². The number of halogens is 2. The molecule has 0 radical (unpaired) electrons. The maximum atomic E-state index is 5.95. The van der Waals surface area contributed by atoms with E-state index in [-0.39, 0.29) is 0 Å². The molecular formula is C15H14Cl2N2O2S. The van der Waals surface area contributed by atoms with Crippen LogP contribution in [0.3, 0.4) is 0 Å². The van der Waals surface area contributed by atoms with Crippen molar-refractivity contribution >= 4 is 51.9 Å². The number of ether oxygens (including phenoxy) is 2. The molecule has 0 heterocycles. The Morgan fingerprint density at radius 3 is 2.05 bits per heavy atom. The van der Waals surface area contributed by atoms with E-state index in [1.807, 2.05) is 6.07 Å². The van der Waals surface area contributed by atoms with Crippen molar-refractivity contribution in [1.29, 1.82) is 0 Å². The Hall–Kier alpha value is -1.69. The van der Waals surface area contributed by atoms with Crippen LogP contribution in [0, 0.1) is 0 Å². The van der Waals surface area contributed by atoms with Crippen molar-refractivity contribution in [3.05, 3.63) is 46.4 Å². The molecule has 0 aliphatic rings. The van der Waals surface area contributed by atoms with Gasteiger partial charge in [0.05, 0.1) is 14.2 Å². The quantitative estimate of drug-likeness (QED) is 0.768. The van der Waals surface area contributed by atoms with Gasteiger partial charge in [0.25, 0.3) is 0 Å². The molecule has 2 rings (SSSR count). The molecule has 2 N–H and O–H groups in total. The van der Waals surface area contributed by atoms with Gasteiger partial charge in [0.2, 0.25) is 0 Å². The van der Waals surface area contributed by atoms with Gasteiger partial charge in [0.1, 0.15) is 0 Å². The molecule has 0 fully saturated rings. The fourth-order valence-electron chi connectivity index (χ4n) is 1.83. The highest BCUT2D eigenvalue weighted by Crippen LogP contribution is 2.30. The molecule has 0 unspecified atom stereocenters. The van der Waals surface area contributed by atoms with Crippen molar-refractivity contribution in [3.63, 3.8) is 0 Å². The second-order valence-electron chi connectivity index (χ2n) is 4.31. The zero-order valence-electron chi connectivity index (χ0n) is 11.9. The number of nitrogens with one attached hydrogen (secondary N) is 2. The SMILES string of the molecule is COc1ccc(NC(=S)Nc2cc(Cl)cc(Cl)c2)cc1OC. The molecule has 0 bridgehead atoms. The van der Waals surface area contributed by atoms with Gasteiger partial charge >= 0.3 is 0 Å². The van der Waals surface area contributed by atoms with Gasteiger partial charge in [0, 0.05) is 27.5 Å². The van der Waals surface area contributed by atoms with E-state index in [4.69, 9.17) is 44.9 Å². The Morgan fingerprint density at radius 1 is 0.864 bits per heavy atom. The van der Waals surface area contributed by atoms with Crippen LogP contribution < -0.4 is 20.1 Å². The summed E-state index contributed by atoms with van der Waals surface area (Å²) in [6.07, 6.45) is 0. The molecule has 0 saturated carbocycles. The first kappa shape index (κ1) is 16.7. The standard InChI is InChI=1S/C15H14Cl2N2O2S/c1-20-13-4-3-11(8-14(13)21-2)18-15(22)19-12-6-9(16)5-10(17)7-12/h3-8H,1-2H3,(H2,18,19,22). The van der Waals surface area contributed by atoms with Crippen LogP contribution in [0.15, 0.2) is 36.4 Å². The summed E-state index contributed by atoms with van der Waals surface area (Å²) in [4.78, 5) is 0. The summed E-state index contributed by atoms with van der Waals surface area (Å²) < 4.78 is 10.4. The molecule has 2 aromatic carbocycles. The molecule has 0 amide bonds. The third kappa shape index (κ3) is 4.40. The summed E-state index contributed by atoms with van der Waals surface area (Å²) in [6.45, 7) is 0. The largest absolute Gasteiger partial charge is 0.493 e. The molecule has 4 nitrogen and oxygen atoms in total. The fraction of sp³-hybridized carbons (Fsp3) is 0.133. The van der Waals surface area contributed by atoms with E-state index in [0.29, 0.717) is 32.3 Å². The number of rotatable bonds is 4. The molecule has 0 aliphatic carbocycles. The van der Waals surface area contributed by atoms with Crippen molar-refractivity contribution in [2.75, 3.05) is 24.9 Å². The Kier molecular flexibility index (Phi) is 5.71. The number of hydrogen-bond donors (Lipinski definition) is 2. The molecule has 116 valence electrons. The first-order chi connectivity index (χ1) is 10.5. The third-order valence-electron chi connectivity index (χ3n) is 2.76. The molecular weight excluding hydrogens is 343 g/mol. The average Bonchev–Trinajstić information content (AvgIpc) is 2.45. The molecule has 0 aliphatic heterocycles. The number of hydrogen-bond acceptors (Lipinski definition) is 3. The highest BCUT2D eigenvalue weighted by molar-refractivity contribution is 7.80. The van der Waals surface area contributed by atoms with Crippen LogP contribution in [-0.2, 0) is 0 Å². The lowest BCUT2D eigenvalue weighted by Gasteiger charge is -2.13. The highest BCUT2D eigenvalue weighted by atomic mass is 35.5. The van der Waals surface area contributed by atoms with Gasteiger partial charge < -0.3 is 20.1 Å². The zero-order chi connectivity index (χ0) is 16.1. The van der Waals surface area contributed by atoms with Crippen LogP contribution in [0.25, 0.3) is 0 Å². The molecule has 22 heavy (non-hydrogen) atoms. The van der Waals surface area contributed by atoms with Gasteiger partial charge in [-0.1, -0.05) is 23.2 Å². The molecule has 2 aromatic rings. The minimum Gasteiger partial charge on any atom is -0.493 e. The van der Waals surface area contributed by atoms with E-state index in [1.165, 1.54) is 0 Å². The number of benzene rings is 2. The lowest BCUT2D eigenvalue weighted by atomic mass is 10.2. The normalized spacial score (nSPS) is 10.0. The second-order valence-corrected chi connectivity index (χ2v) is 5.59. The molecule has 0 atom stereocenters. The van der Waals surface area contributed by atoms with Gasteiger partial charge in [0.15, 0.2) is 16.6 Å². The summed E-state index contributed by atoms with van der Waals surface area (Å²) in [5, 5.41) is 7.54. The van der Waals surface area contributed by atoms with Gasteiger partial charge in [-0.25, -0.2) is 0 Å². The minimum absolute atomic E-state index is 0.408. The molecule has 7 heteroatoms. The Balaban J connectivity index is 2.08. The maximum absolute atomic E-state index is 5.95. The van der Waals surface area contributed by atoms with Crippen molar-refractivity contribution < 1.29 is 9.47 Å². The minimum atomic E-state index is 0.408. The van der Waals surface area contributed by atoms with E-state index >= 15 is 0 Å². The van der Waals surface area contributed by atoms with E-state index in [9.17, 15) is 0 Å². The van der Waals surface area contributed by atoms with Crippen LogP contribution in [-0.4, -0.2) is 19.3 Å². The summed E-state index contributed by atoms with van der Waals surface area (Å²) in [7, 11) is 3.16. The summed E-state index contributed by atoms with van der Waals surface area (Å²) in [6, 6.07) is 10.5. The van der Waals surface area contributed by atoms with Crippen LogP contribution >= 0.6 is 35.4 Å². The first-order valence-corrected chi connectivity index (χ1v) is 7.44. The Labute approximate surface area is 144 Å². The third-order valence-corrected chi connectivity index (χ3v) is 3.40. The van der Waals surface area contributed by atoms with Crippen LogP contribution in [0.2, 0.25) is 10.0 Å². The first-order valence-electron chi connectivity index (χ1n) is 6.28. The van der Waals surface area contributed by atoms with Crippen molar-refractivity contribution in [1.82, 2.24) is 0 Å². The molecule has 0 aromatic heterocycles. The van der Waals surface area contributed by atoms with E-state index in [1.54, 1.807) is 44.6 Å². The summed E-state index contributed by atoms with van der Waals surface area (Å²) >= 11 is 17.2. The van der Waals surface area contributed by atoms with E-state index < -0.39 is 0 Å². The van der Waals surface area contributed by atoms with Crippen molar-refractivity contribution in [2.45, 2.75) is 0 Å². The topological polar surface area (TPSA) is 42.5 Å². The monoisotopic (exact) mass is 356 g/mol. The Morgan fingerprint density at radius 2 is 1.45 bits per heavy atom. The maximum Gasteiger partial charge on any atom is 0.175 e. The average molecular weight is 357 g/mol. The van der Waals surface area contributed by atoms with Crippen LogP contribution in [0.4, 0.5) is 11.4 Å². The fourth-order valence-corrected chi connectivity index (χ4v) is 2.60.